The number of allylic oxidation sites excluding steroid dienone is 2. The first-order valence-corrected chi connectivity index (χ1v) is 8.79. The fourth-order valence-corrected chi connectivity index (χ4v) is 2.85. The van der Waals surface area contributed by atoms with Crippen LogP contribution in [0.25, 0.3) is 6.08 Å². The van der Waals surface area contributed by atoms with Gasteiger partial charge in [-0.1, -0.05) is 42.5 Å². The van der Waals surface area contributed by atoms with Crippen LogP contribution < -0.4 is 15.1 Å². The number of aryl methyl sites for hydroxylation is 1. The van der Waals surface area contributed by atoms with E-state index in [1.807, 2.05) is 49.3 Å². The Balaban J connectivity index is 1.85. The van der Waals surface area contributed by atoms with Crippen molar-refractivity contribution in [3.8, 4) is 0 Å². The van der Waals surface area contributed by atoms with Gasteiger partial charge in [0.1, 0.15) is 5.57 Å². The largest absolute Gasteiger partial charge is 0.378 e. The molecule has 6 nitrogen and oxygen atoms in total. The van der Waals surface area contributed by atoms with Gasteiger partial charge in [-0.2, -0.15) is 0 Å². The summed E-state index contributed by atoms with van der Waals surface area (Å²) in [5, 5.41) is 2.22. The van der Waals surface area contributed by atoms with E-state index in [-0.39, 0.29) is 5.57 Å². The second kappa shape index (κ2) is 7.92. The summed E-state index contributed by atoms with van der Waals surface area (Å²) in [5.41, 5.74) is 3.12. The molecule has 4 amide bonds. The monoisotopic (exact) mass is 375 g/mol. The summed E-state index contributed by atoms with van der Waals surface area (Å²) in [4.78, 5) is 40.2. The first-order valence-electron chi connectivity index (χ1n) is 8.79. The van der Waals surface area contributed by atoms with E-state index in [2.05, 4.69) is 5.32 Å². The third-order valence-electron chi connectivity index (χ3n) is 4.42. The van der Waals surface area contributed by atoms with Crippen LogP contribution in [0.3, 0.4) is 0 Å². The number of barbiturate groups is 1. The fraction of sp³-hybridized carbons (Fsp3) is 0.136. The maximum atomic E-state index is 12.8. The van der Waals surface area contributed by atoms with Crippen LogP contribution in [0.1, 0.15) is 11.1 Å². The minimum absolute atomic E-state index is 0.0935. The van der Waals surface area contributed by atoms with Gasteiger partial charge in [0.25, 0.3) is 11.8 Å². The third-order valence-corrected chi connectivity index (χ3v) is 4.42. The number of carbonyl (C=O) groups excluding carboxylic acids is 3. The van der Waals surface area contributed by atoms with Gasteiger partial charge in [0.05, 0.1) is 5.69 Å². The molecule has 1 N–H and O–H groups in total. The lowest BCUT2D eigenvalue weighted by Gasteiger charge is -2.27. The molecule has 0 spiro atoms. The minimum Gasteiger partial charge on any atom is -0.378 e. The zero-order chi connectivity index (χ0) is 20.3. The molecule has 142 valence electrons. The molecular weight excluding hydrogens is 354 g/mol. The lowest BCUT2D eigenvalue weighted by Crippen LogP contribution is -2.54. The van der Waals surface area contributed by atoms with Crippen molar-refractivity contribution in [1.82, 2.24) is 5.32 Å². The average molecular weight is 375 g/mol. The van der Waals surface area contributed by atoms with Gasteiger partial charge in [0, 0.05) is 19.8 Å². The van der Waals surface area contributed by atoms with Gasteiger partial charge in [-0.15, -0.1) is 0 Å². The Morgan fingerprint density at radius 1 is 0.964 bits per heavy atom. The number of anilines is 2. The van der Waals surface area contributed by atoms with Gasteiger partial charge < -0.3 is 4.90 Å². The molecule has 0 radical (unpaired) electrons. The number of para-hydroxylation sites is 1. The zero-order valence-electron chi connectivity index (χ0n) is 16.0. The molecule has 0 saturated carbocycles. The van der Waals surface area contributed by atoms with E-state index in [1.165, 1.54) is 6.08 Å². The van der Waals surface area contributed by atoms with Crippen molar-refractivity contribution in [3.63, 3.8) is 0 Å². The quantitative estimate of drug-likeness (QED) is 0.658. The molecule has 0 atom stereocenters. The Labute approximate surface area is 163 Å². The second-order valence-corrected chi connectivity index (χ2v) is 6.61. The molecule has 1 heterocycles. The van der Waals surface area contributed by atoms with Gasteiger partial charge >= 0.3 is 6.03 Å². The molecule has 1 fully saturated rings. The van der Waals surface area contributed by atoms with E-state index in [0.717, 1.165) is 21.7 Å². The molecule has 0 bridgehead atoms. The van der Waals surface area contributed by atoms with E-state index in [4.69, 9.17) is 0 Å². The maximum Gasteiger partial charge on any atom is 0.335 e. The SMILES string of the molecule is Cc1ccccc1N1C(=O)NC(=O)/C(=C\C=C\c2ccc(N(C)C)cc2)C1=O. The molecule has 28 heavy (non-hydrogen) atoms. The van der Waals surface area contributed by atoms with Crippen LogP contribution in [0, 0.1) is 6.92 Å². The number of nitrogens with one attached hydrogen (secondary N) is 1. The average Bonchev–Trinajstić information content (AvgIpc) is 2.66. The van der Waals surface area contributed by atoms with E-state index in [9.17, 15) is 14.4 Å². The number of hydrogen-bond acceptors (Lipinski definition) is 4. The first-order chi connectivity index (χ1) is 13.4. The standard InChI is InChI=1S/C22H21N3O3/c1-15-7-4-5-10-19(15)25-21(27)18(20(26)23-22(25)28)9-6-8-16-11-13-17(14-12-16)24(2)3/h4-14H,1-3H3,(H,23,26,28)/b8-6+,18-9+. The molecule has 6 heteroatoms. The molecule has 1 saturated heterocycles. The van der Waals surface area contributed by atoms with Gasteiger partial charge in [0.15, 0.2) is 0 Å². The van der Waals surface area contributed by atoms with Crippen LogP contribution in [-0.2, 0) is 9.59 Å². The lowest BCUT2D eigenvalue weighted by molar-refractivity contribution is -0.122. The van der Waals surface area contributed by atoms with E-state index in [1.54, 1.807) is 37.3 Å². The topological polar surface area (TPSA) is 69.7 Å². The maximum absolute atomic E-state index is 12.8. The van der Waals surface area contributed by atoms with E-state index >= 15 is 0 Å². The van der Waals surface area contributed by atoms with Crippen molar-refractivity contribution in [2.45, 2.75) is 6.92 Å². The Hall–Kier alpha value is -3.67. The van der Waals surface area contributed by atoms with Crippen molar-refractivity contribution in [1.29, 1.82) is 0 Å². The van der Waals surface area contributed by atoms with E-state index in [0.29, 0.717) is 5.69 Å². The summed E-state index contributed by atoms with van der Waals surface area (Å²) in [7, 11) is 3.92. The van der Waals surface area contributed by atoms with Crippen LogP contribution in [0.2, 0.25) is 0 Å². The van der Waals surface area contributed by atoms with Crippen LogP contribution in [0.5, 0.6) is 0 Å². The molecule has 2 aromatic rings. The third kappa shape index (κ3) is 3.86. The van der Waals surface area contributed by atoms with E-state index < -0.39 is 17.8 Å². The summed E-state index contributed by atoms with van der Waals surface area (Å²) in [5.74, 6) is -1.34. The van der Waals surface area contributed by atoms with Crippen LogP contribution in [0.15, 0.2) is 66.3 Å². The first kappa shape index (κ1) is 19.1. The highest BCUT2D eigenvalue weighted by Crippen LogP contribution is 2.24. The molecule has 0 aromatic heterocycles. The molecule has 0 unspecified atom stereocenters. The fourth-order valence-electron chi connectivity index (χ4n) is 2.85. The number of benzene rings is 2. The van der Waals surface area contributed by atoms with Gasteiger partial charge in [-0.25, -0.2) is 9.69 Å². The van der Waals surface area contributed by atoms with Crippen molar-refractivity contribution < 1.29 is 14.4 Å². The molecule has 2 aromatic carbocycles. The summed E-state index contributed by atoms with van der Waals surface area (Å²) in [6, 6.07) is 14.1. The highest BCUT2D eigenvalue weighted by molar-refractivity contribution is 6.37. The van der Waals surface area contributed by atoms with Crippen LogP contribution >= 0.6 is 0 Å². The number of urea groups is 1. The predicted octanol–water partition coefficient (Wildman–Crippen LogP) is 3.28. The second-order valence-electron chi connectivity index (χ2n) is 6.61. The van der Waals surface area contributed by atoms with Crippen molar-refractivity contribution in [2.75, 3.05) is 23.9 Å². The Morgan fingerprint density at radius 2 is 1.64 bits per heavy atom. The Bertz CT molecular complexity index is 988. The molecule has 1 aliphatic heterocycles. The van der Waals surface area contributed by atoms with Crippen molar-refractivity contribution >= 4 is 35.3 Å². The number of amides is 4. The van der Waals surface area contributed by atoms with Gasteiger partial charge in [-0.3, -0.25) is 14.9 Å². The van der Waals surface area contributed by atoms with Crippen molar-refractivity contribution in [2.24, 2.45) is 0 Å². The summed E-state index contributed by atoms with van der Waals surface area (Å²) >= 11 is 0. The van der Waals surface area contributed by atoms with Gasteiger partial charge in [-0.05, 0) is 42.3 Å². The Morgan fingerprint density at radius 3 is 2.29 bits per heavy atom. The Kier molecular flexibility index (Phi) is 5.40. The minimum atomic E-state index is -0.746. The molecule has 0 aliphatic carbocycles. The summed E-state index contributed by atoms with van der Waals surface area (Å²) in [6.07, 6.45) is 4.85. The number of rotatable bonds is 4. The molecule has 1 aliphatic rings. The normalized spacial score (nSPS) is 16.0. The zero-order valence-corrected chi connectivity index (χ0v) is 16.0. The predicted molar refractivity (Wildman–Crippen MR) is 110 cm³/mol. The lowest BCUT2D eigenvalue weighted by atomic mass is 10.1. The van der Waals surface area contributed by atoms with Crippen LogP contribution in [0.4, 0.5) is 16.2 Å². The number of nitrogens with zero attached hydrogens (tertiary/aromatic N) is 2. The molecule has 3 rings (SSSR count). The number of carbonyl (C=O) groups is 3. The number of hydrogen-bond donors (Lipinski definition) is 1. The smallest absolute Gasteiger partial charge is 0.335 e. The highest BCUT2D eigenvalue weighted by Gasteiger charge is 2.36. The van der Waals surface area contributed by atoms with Gasteiger partial charge in [0.2, 0.25) is 0 Å². The van der Waals surface area contributed by atoms with Crippen LogP contribution in [-0.4, -0.2) is 31.9 Å². The highest BCUT2D eigenvalue weighted by atomic mass is 16.2. The van der Waals surface area contributed by atoms with Crippen molar-refractivity contribution in [3.05, 3.63) is 77.4 Å². The summed E-state index contributed by atoms with van der Waals surface area (Å²) in [6.45, 7) is 1.80. The summed E-state index contributed by atoms with van der Waals surface area (Å²) < 4.78 is 0. The number of imide groups is 2. The molecular formula is C22H21N3O3.